The third kappa shape index (κ3) is 3.19. The van der Waals surface area contributed by atoms with Gasteiger partial charge in [0.1, 0.15) is 13.2 Å². The van der Waals surface area contributed by atoms with Crippen LogP contribution in [0.3, 0.4) is 0 Å². The Hall–Kier alpha value is -2.16. The van der Waals surface area contributed by atoms with E-state index in [-0.39, 0.29) is 11.4 Å². The molecule has 2 rings (SSSR count). The zero-order valence-corrected chi connectivity index (χ0v) is 9.39. The maximum absolute atomic E-state index is 11.9. The molecule has 2 heterocycles. The van der Waals surface area contributed by atoms with Crippen molar-refractivity contribution >= 4 is 11.6 Å². The number of fused-ring (bicyclic) bond motifs is 1. The Morgan fingerprint density at radius 1 is 1.37 bits per heavy atom. The fourth-order valence-electron chi connectivity index (χ4n) is 1.42. The SMILES string of the molecule is O=C(O)c1ccc2nnc(COCC(F)(F)F)n2c1. The summed E-state index contributed by atoms with van der Waals surface area (Å²) in [4.78, 5) is 10.8. The Labute approximate surface area is 104 Å². The number of halogens is 3. The van der Waals surface area contributed by atoms with Gasteiger partial charge in [0.2, 0.25) is 0 Å². The Kier molecular flexibility index (Phi) is 3.38. The second-order valence-electron chi connectivity index (χ2n) is 3.68. The highest BCUT2D eigenvalue weighted by molar-refractivity contribution is 5.87. The van der Waals surface area contributed by atoms with Crippen LogP contribution in [0.25, 0.3) is 5.65 Å². The highest BCUT2D eigenvalue weighted by Crippen LogP contribution is 2.15. The van der Waals surface area contributed by atoms with E-state index in [1.807, 2.05) is 0 Å². The summed E-state index contributed by atoms with van der Waals surface area (Å²) in [5.74, 6) is -1.06. The molecular formula is C10H8F3N3O3. The first-order chi connectivity index (χ1) is 8.87. The van der Waals surface area contributed by atoms with Gasteiger partial charge in [-0.15, -0.1) is 10.2 Å². The van der Waals surface area contributed by atoms with Gasteiger partial charge >= 0.3 is 12.1 Å². The molecule has 0 unspecified atom stereocenters. The Morgan fingerprint density at radius 3 is 2.74 bits per heavy atom. The van der Waals surface area contributed by atoms with E-state index in [0.29, 0.717) is 5.65 Å². The van der Waals surface area contributed by atoms with Gasteiger partial charge in [0.05, 0.1) is 5.56 Å². The van der Waals surface area contributed by atoms with Gasteiger partial charge < -0.3 is 9.84 Å². The van der Waals surface area contributed by atoms with Gasteiger partial charge in [-0.2, -0.15) is 13.2 Å². The van der Waals surface area contributed by atoms with Crippen molar-refractivity contribution in [2.45, 2.75) is 12.8 Å². The number of aromatic carboxylic acids is 1. The van der Waals surface area contributed by atoms with Gasteiger partial charge in [0.25, 0.3) is 0 Å². The van der Waals surface area contributed by atoms with Crippen molar-refractivity contribution < 1.29 is 27.8 Å². The van der Waals surface area contributed by atoms with Gasteiger partial charge in [-0.25, -0.2) is 4.79 Å². The van der Waals surface area contributed by atoms with Crippen molar-refractivity contribution in [1.29, 1.82) is 0 Å². The summed E-state index contributed by atoms with van der Waals surface area (Å²) in [5, 5.41) is 16.2. The van der Waals surface area contributed by atoms with Crippen LogP contribution in [0.1, 0.15) is 16.2 Å². The van der Waals surface area contributed by atoms with Gasteiger partial charge in [0, 0.05) is 6.20 Å². The van der Waals surface area contributed by atoms with Crippen LogP contribution in [0.5, 0.6) is 0 Å². The van der Waals surface area contributed by atoms with Crippen molar-refractivity contribution in [2.75, 3.05) is 6.61 Å². The van der Waals surface area contributed by atoms with Crippen LogP contribution in [0.2, 0.25) is 0 Å². The monoisotopic (exact) mass is 275 g/mol. The molecule has 2 aromatic heterocycles. The molecule has 0 aromatic carbocycles. The molecule has 19 heavy (non-hydrogen) atoms. The molecule has 102 valence electrons. The number of carbonyl (C=O) groups is 1. The van der Waals surface area contributed by atoms with Gasteiger partial charge in [-0.05, 0) is 12.1 Å². The first-order valence-corrected chi connectivity index (χ1v) is 5.08. The van der Waals surface area contributed by atoms with Crippen LogP contribution in [-0.2, 0) is 11.3 Å². The van der Waals surface area contributed by atoms with E-state index in [2.05, 4.69) is 14.9 Å². The lowest BCUT2D eigenvalue weighted by molar-refractivity contribution is -0.177. The van der Waals surface area contributed by atoms with E-state index in [1.165, 1.54) is 22.7 Å². The molecule has 0 radical (unpaired) electrons. The second kappa shape index (κ2) is 4.84. The number of carboxylic acid groups (broad SMARTS) is 1. The number of ether oxygens (including phenoxy) is 1. The fraction of sp³-hybridized carbons (Fsp3) is 0.300. The van der Waals surface area contributed by atoms with Crippen LogP contribution < -0.4 is 0 Å². The van der Waals surface area contributed by atoms with Gasteiger partial charge in [-0.3, -0.25) is 4.40 Å². The first kappa shape index (κ1) is 13.3. The molecule has 6 nitrogen and oxygen atoms in total. The third-order valence-corrected chi connectivity index (χ3v) is 2.22. The van der Waals surface area contributed by atoms with Crippen molar-refractivity contribution in [1.82, 2.24) is 14.6 Å². The minimum atomic E-state index is -4.42. The summed E-state index contributed by atoms with van der Waals surface area (Å²) in [6.07, 6.45) is -3.20. The van der Waals surface area contributed by atoms with E-state index >= 15 is 0 Å². The van der Waals surface area contributed by atoms with E-state index < -0.39 is 25.4 Å². The molecule has 0 aliphatic heterocycles. The first-order valence-electron chi connectivity index (χ1n) is 5.08. The van der Waals surface area contributed by atoms with Crippen LogP contribution in [-0.4, -0.2) is 38.5 Å². The number of hydrogen-bond acceptors (Lipinski definition) is 4. The quantitative estimate of drug-likeness (QED) is 0.915. The molecule has 0 aliphatic carbocycles. The topological polar surface area (TPSA) is 76.7 Å². The molecule has 0 saturated heterocycles. The minimum absolute atomic E-state index is 0.0237. The fourth-order valence-corrected chi connectivity index (χ4v) is 1.42. The molecule has 0 atom stereocenters. The number of hydrogen-bond donors (Lipinski definition) is 1. The third-order valence-electron chi connectivity index (χ3n) is 2.22. The van der Waals surface area contributed by atoms with Crippen LogP contribution in [0.15, 0.2) is 18.3 Å². The van der Waals surface area contributed by atoms with Crippen molar-refractivity contribution in [3.8, 4) is 0 Å². The minimum Gasteiger partial charge on any atom is -0.478 e. The highest BCUT2D eigenvalue weighted by atomic mass is 19.4. The average molecular weight is 275 g/mol. The van der Waals surface area contributed by atoms with E-state index in [0.717, 1.165) is 0 Å². The summed E-state index contributed by atoms with van der Waals surface area (Å²) < 4.78 is 41.5. The molecule has 0 aliphatic rings. The standard InChI is InChI=1S/C10H8F3N3O3/c11-10(12,13)5-19-4-8-15-14-7-2-1-6(9(17)18)3-16(7)8/h1-3H,4-5H2,(H,17,18). The number of nitrogens with zero attached hydrogens (tertiary/aromatic N) is 3. The van der Waals surface area contributed by atoms with Crippen molar-refractivity contribution in [2.24, 2.45) is 0 Å². The van der Waals surface area contributed by atoms with Crippen LogP contribution in [0, 0.1) is 0 Å². The smallest absolute Gasteiger partial charge is 0.411 e. The number of pyridine rings is 1. The predicted molar refractivity (Wildman–Crippen MR) is 55.7 cm³/mol. The molecule has 0 bridgehead atoms. The second-order valence-corrected chi connectivity index (χ2v) is 3.68. The number of carboxylic acids is 1. The predicted octanol–water partition coefficient (Wildman–Crippen LogP) is 1.51. The van der Waals surface area contributed by atoms with Crippen LogP contribution >= 0.6 is 0 Å². The van der Waals surface area contributed by atoms with E-state index in [1.54, 1.807) is 0 Å². The molecule has 2 aromatic rings. The van der Waals surface area contributed by atoms with Crippen molar-refractivity contribution in [3.63, 3.8) is 0 Å². The average Bonchev–Trinajstić information content (AvgIpc) is 2.70. The summed E-state index contributed by atoms with van der Waals surface area (Å²) in [7, 11) is 0. The Bertz CT molecular complexity index is 609. The Morgan fingerprint density at radius 2 is 2.11 bits per heavy atom. The zero-order valence-electron chi connectivity index (χ0n) is 9.39. The largest absolute Gasteiger partial charge is 0.478 e. The lowest BCUT2D eigenvalue weighted by atomic mass is 10.3. The van der Waals surface area contributed by atoms with Gasteiger partial charge in [0.15, 0.2) is 11.5 Å². The molecule has 0 saturated carbocycles. The van der Waals surface area contributed by atoms with Gasteiger partial charge in [-0.1, -0.05) is 0 Å². The molecule has 0 spiro atoms. The number of aromatic nitrogens is 3. The highest BCUT2D eigenvalue weighted by Gasteiger charge is 2.27. The van der Waals surface area contributed by atoms with E-state index in [9.17, 15) is 18.0 Å². The maximum Gasteiger partial charge on any atom is 0.411 e. The molecule has 0 amide bonds. The van der Waals surface area contributed by atoms with Crippen LogP contribution in [0.4, 0.5) is 13.2 Å². The lowest BCUT2D eigenvalue weighted by Gasteiger charge is -2.06. The summed E-state index contributed by atoms with van der Waals surface area (Å²) in [6.45, 7) is -1.82. The van der Waals surface area contributed by atoms with E-state index in [4.69, 9.17) is 5.11 Å². The number of rotatable bonds is 4. The maximum atomic E-state index is 11.9. The zero-order chi connectivity index (χ0) is 14.0. The normalized spacial score (nSPS) is 11.9. The Balaban J connectivity index is 2.19. The lowest BCUT2D eigenvalue weighted by Crippen LogP contribution is -2.17. The molecule has 9 heteroatoms. The molecule has 1 N–H and O–H groups in total. The summed E-state index contributed by atoms with van der Waals surface area (Å²) in [6, 6.07) is 2.73. The molecule has 0 fully saturated rings. The number of alkyl halides is 3. The summed E-state index contributed by atoms with van der Waals surface area (Å²) >= 11 is 0. The summed E-state index contributed by atoms with van der Waals surface area (Å²) in [5.41, 5.74) is 0.306. The molecular weight excluding hydrogens is 267 g/mol. The van der Waals surface area contributed by atoms with Crippen molar-refractivity contribution in [3.05, 3.63) is 29.7 Å².